The molecule has 3 atom stereocenters. The molecule has 0 heterocycles. The third-order valence-corrected chi connectivity index (χ3v) is 3.93. The molecule has 4 heteroatoms. The predicted molar refractivity (Wildman–Crippen MR) is 73.3 cm³/mol. The Kier molecular flexibility index (Phi) is 6.09. The Balaban J connectivity index is 2.53. The van der Waals surface area contributed by atoms with E-state index in [1.165, 1.54) is 6.42 Å². The Morgan fingerprint density at radius 3 is 2.83 bits per heavy atom. The van der Waals surface area contributed by atoms with Gasteiger partial charge in [-0.15, -0.1) is 0 Å². The molecule has 3 N–H and O–H groups in total. The molecule has 0 bridgehead atoms. The fourth-order valence-corrected chi connectivity index (χ4v) is 2.79. The van der Waals surface area contributed by atoms with Gasteiger partial charge < -0.3 is 15.7 Å². The van der Waals surface area contributed by atoms with Crippen LogP contribution in [-0.4, -0.2) is 36.2 Å². The van der Waals surface area contributed by atoms with E-state index in [4.69, 9.17) is 0 Å². The first-order chi connectivity index (χ1) is 8.53. The van der Waals surface area contributed by atoms with E-state index in [0.717, 1.165) is 25.8 Å². The number of amides is 1. The summed E-state index contributed by atoms with van der Waals surface area (Å²) in [4.78, 5) is 12.1. The Labute approximate surface area is 111 Å². The lowest BCUT2D eigenvalue weighted by Crippen LogP contribution is -2.55. The van der Waals surface area contributed by atoms with Crippen LogP contribution in [0.4, 0.5) is 0 Å². The predicted octanol–water partition coefficient (Wildman–Crippen LogP) is 1.29. The van der Waals surface area contributed by atoms with E-state index < -0.39 is 0 Å². The van der Waals surface area contributed by atoms with Crippen LogP contribution in [0, 0.1) is 11.8 Å². The van der Waals surface area contributed by atoms with Gasteiger partial charge in [-0.1, -0.05) is 33.6 Å². The maximum absolute atomic E-state index is 12.1. The molecular formula is C14H28N2O2. The lowest BCUT2D eigenvalue weighted by atomic mass is 9.76. The third-order valence-electron chi connectivity index (χ3n) is 3.93. The van der Waals surface area contributed by atoms with E-state index in [1.807, 2.05) is 13.8 Å². The summed E-state index contributed by atoms with van der Waals surface area (Å²) >= 11 is 0. The number of hydrogen-bond acceptors (Lipinski definition) is 3. The van der Waals surface area contributed by atoms with Gasteiger partial charge >= 0.3 is 0 Å². The zero-order chi connectivity index (χ0) is 13.6. The normalized spacial score (nSPS) is 29.9. The van der Waals surface area contributed by atoms with Crippen molar-refractivity contribution in [2.24, 2.45) is 11.8 Å². The molecule has 0 aromatic rings. The molecule has 4 nitrogen and oxygen atoms in total. The number of carbonyl (C=O) groups is 1. The molecule has 0 spiro atoms. The molecule has 3 unspecified atom stereocenters. The van der Waals surface area contributed by atoms with Gasteiger partial charge in [0.15, 0.2) is 0 Å². The van der Waals surface area contributed by atoms with Crippen molar-refractivity contribution in [2.45, 2.75) is 52.0 Å². The smallest absolute Gasteiger partial charge is 0.224 e. The van der Waals surface area contributed by atoms with Crippen LogP contribution in [0.3, 0.4) is 0 Å². The minimum Gasteiger partial charge on any atom is -0.394 e. The lowest BCUT2D eigenvalue weighted by molar-refractivity contribution is -0.127. The number of nitrogens with one attached hydrogen (secondary N) is 2. The van der Waals surface area contributed by atoms with Gasteiger partial charge in [0, 0.05) is 12.5 Å². The molecule has 0 aromatic carbocycles. The Morgan fingerprint density at radius 2 is 2.28 bits per heavy atom. The molecule has 1 aliphatic rings. The topological polar surface area (TPSA) is 61.4 Å². The summed E-state index contributed by atoms with van der Waals surface area (Å²) in [5.41, 5.74) is -0.380. The molecular weight excluding hydrogens is 228 g/mol. The maximum Gasteiger partial charge on any atom is 0.224 e. The Hall–Kier alpha value is -0.610. The lowest BCUT2D eigenvalue weighted by Gasteiger charge is -2.40. The first-order valence-electron chi connectivity index (χ1n) is 7.16. The standard InChI is InChI=1S/C14H28N2O2/c1-4-15-9-12(3)13(18)16-14(10-17)7-5-6-11(2)8-14/h11-12,15,17H,4-10H2,1-3H3,(H,16,18). The fourth-order valence-electron chi connectivity index (χ4n) is 2.79. The van der Waals surface area contributed by atoms with Crippen LogP contribution < -0.4 is 10.6 Å². The summed E-state index contributed by atoms with van der Waals surface area (Å²) in [6.45, 7) is 7.77. The number of rotatable bonds is 6. The first kappa shape index (κ1) is 15.4. The third kappa shape index (κ3) is 4.25. The van der Waals surface area contributed by atoms with Gasteiger partial charge in [0.05, 0.1) is 12.1 Å². The van der Waals surface area contributed by atoms with Crippen molar-refractivity contribution in [3.05, 3.63) is 0 Å². The van der Waals surface area contributed by atoms with Crippen LogP contribution in [0.15, 0.2) is 0 Å². The minimum absolute atomic E-state index is 0.0504. The van der Waals surface area contributed by atoms with Crippen molar-refractivity contribution < 1.29 is 9.90 Å². The fraction of sp³-hybridized carbons (Fsp3) is 0.929. The van der Waals surface area contributed by atoms with Crippen LogP contribution >= 0.6 is 0 Å². The van der Waals surface area contributed by atoms with Gasteiger partial charge in [0.2, 0.25) is 5.91 Å². The van der Waals surface area contributed by atoms with Crippen molar-refractivity contribution in [2.75, 3.05) is 19.7 Å². The van der Waals surface area contributed by atoms with Crippen molar-refractivity contribution in [1.82, 2.24) is 10.6 Å². The molecule has 106 valence electrons. The maximum atomic E-state index is 12.1. The van der Waals surface area contributed by atoms with Gasteiger partial charge in [0.25, 0.3) is 0 Å². The molecule has 1 fully saturated rings. The highest BCUT2D eigenvalue weighted by atomic mass is 16.3. The van der Waals surface area contributed by atoms with Gasteiger partial charge in [-0.3, -0.25) is 4.79 Å². The van der Waals surface area contributed by atoms with E-state index in [9.17, 15) is 9.90 Å². The van der Waals surface area contributed by atoms with E-state index in [-0.39, 0.29) is 24.0 Å². The SMILES string of the molecule is CCNCC(C)C(=O)NC1(CO)CCCC(C)C1. The molecule has 0 aromatic heterocycles. The monoisotopic (exact) mass is 256 g/mol. The van der Waals surface area contributed by atoms with Crippen LogP contribution in [-0.2, 0) is 4.79 Å². The van der Waals surface area contributed by atoms with Crippen LogP contribution in [0.5, 0.6) is 0 Å². The highest BCUT2D eigenvalue weighted by Gasteiger charge is 2.36. The first-order valence-corrected chi connectivity index (χ1v) is 7.16. The van der Waals surface area contributed by atoms with Crippen molar-refractivity contribution in [3.63, 3.8) is 0 Å². The highest BCUT2D eigenvalue weighted by molar-refractivity contribution is 5.79. The largest absolute Gasteiger partial charge is 0.394 e. The van der Waals surface area contributed by atoms with Crippen LogP contribution in [0.2, 0.25) is 0 Å². The van der Waals surface area contributed by atoms with Crippen LogP contribution in [0.25, 0.3) is 0 Å². The van der Waals surface area contributed by atoms with Gasteiger partial charge in [-0.25, -0.2) is 0 Å². The van der Waals surface area contributed by atoms with Crippen molar-refractivity contribution >= 4 is 5.91 Å². The summed E-state index contributed by atoms with van der Waals surface area (Å²) in [6, 6.07) is 0. The quantitative estimate of drug-likeness (QED) is 0.671. The molecule has 1 aliphatic carbocycles. The van der Waals surface area contributed by atoms with Gasteiger partial charge in [-0.05, 0) is 25.3 Å². The van der Waals surface area contributed by atoms with Crippen LogP contribution in [0.1, 0.15) is 46.5 Å². The molecule has 0 aliphatic heterocycles. The van der Waals surface area contributed by atoms with E-state index >= 15 is 0 Å². The van der Waals surface area contributed by atoms with Crippen molar-refractivity contribution in [1.29, 1.82) is 0 Å². The average Bonchev–Trinajstić information content (AvgIpc) is 2.35. The average molecular weight is 256 g/mol. The summed E-state index contributed by atoms with van der Waals surface area (Å²) in [7, 11) is 0. The number of hydrogen-bond donors (Lipinski definition) is 3. The molecule has 18 heavy (non-hydrogen) atoms. The number of aliphatic hydroxyl groups excluding tert-OH is 1. The van der Waals surface area contributed by atoms with E-state index in [0.29, 0.717) is 12.5 Å². The second-order valence-electron chi connectivity index (χ2n) is 5.84. The zero-order valence-electron chi connectivity index (χ0n) is 12.0. The second-order valence-corrected chi connectivity index (χ2v) is 5.84. The van der Waals surface area contributed by atoms with Gasteiger partial charge in [0.1, 0.15) is 0 Å². The zero-order valence-corrected chi connectivity index (χ0v) is 12.0. The highest BCUT2D eigenvalue weighted by Crippen LogP contribution is 2.32. The Bertz CT molecular complexity index is 271. The van der Waals surface area contributed by atoms with E-state index in [2.05, 4.69) is 17.6 Å². The van der Waals surface area contributed by atoms with E-state index in [1.54, 1.807) is 0 Å². The second kappa shape index (κ2) is 7.10. The Morgan fingerprint density at radius 1 is 1.56 bits per heavy atom. The summed E-state index contributed by atoms with van der Waals surface area (Å²) < 4.78 is 0. The molecule has 0 saturated heterocycles. The summed E-state index contributed by atoms with van der Waals surface area (Å²) in [5.74, 6) is 0.583. The van der Waals surface area contributed by atoms with Crippen molar-refractivity contribution in [3.8, 4) is 0 Å². The minimum atomic E-state index is -0.380. The summed E-state index contributed by atoms with van der Waals surface area (Å²) in [5, 5.41) is 15.9. The summed E-state index contributed by atoms with van der Waals surface area (Å²) in [6.07, 6.45) is 4.07. The molecule has 1 rings (SSSR count). The molecule has 1 saturated carbocycles. The number of carbonyl (C=O) groups excluding carboxylic acids is 1. The molecule has 1 amide bonds. The molecule has 0 radical (unpaired) electrons. The number of aliphatic hydroxyl groups is 1. The van der Waals surface area contributed by atoms with Gasteiger partial charge in [-0.2, -0.15) is 0 Å².